The first kappa shape index (κ1) is 12.9. The monoisotopic (exact) mass is 268 g/mol. The molecule has 0 N–H and O–H groups in total. The van der Waals surface area contributed by atoms with E-state index >= 15 is 0 Å². The van der Waals surface area contributed by atoms with E-state index in [2.05, 4.69) is 53.9 Å². The fourth-order valence-corrected chi connectivity index (χ4v) is 2.71. The lowest BCUT2D eigenvalue weighted by Crippen LogP contribution is -2.25. The van der Waals surface area contributed by atoms with Gasteiger partial charge in [0.05, 0.1) is 17.6 Å². The highest BCUT2D eigenvalue weighted by atomic mass is 15.3. The van der Waals surface area contributed by atoms with E-state index < -0.39 is 0 Å². The summed E-state index contributed by atoms with van der Waals surface area (Å²) in [6.07, 6.45) is 1.84. The van der Waals surface area contributed by atoms with Crippen LogP contribution in [0.25, 0.3) is 11.0 Å². The van der Waals surface area contributed by atoms with Gasteiger partial charge in [-0.15, -0.1) is 0 Å². The maximum absolute atomic E-state index is 4.81. The molecule has 1 aliphatic heterocycles. The Morgan fingerprint density at radius 1 is 1.30 bits per heavy atom. The first-order chi connectivity index (χ1) is 9.65. The van der Waals surface area contributed by atoms with Crippen LogP contribution in [0.4, 0.5) is 0 Å². The summed E-state index contributed by atoms with van der Waals surface area (Å²) in [5.74, 6) is 1.89. The van der Waals surface area contributed by atoms with Crippen LogP contribution in [0.1, 0.15) is 23.9 Å². The lowest BCUT2D eigenvalue weighted by molar-refractivity contribution is 0.605. The number of aliphatic imine (C=N–C) groups is 1. The SMILES string of the molecule is C=CN1CCN=C1c1nc2cc(C)c(C)cc2n1CC. The number of hydrogen-bond acceptors (Lipinski definition) is 3. The average molecular weight is 268 g/mol. The number of nitrogens with zero attached hydrogens (tertiary/aromatic N) is 4. The molecule has 20 heavy (non-hydrogen) atoms. The summed E-state index contributed by atoms with van der Waals surface area (Å²) in [5.41, 5.74) is 4.80. The Balaban J connectivity index is 2.23. The molecule has 1 aromatic heterocycles. The molecule has 0 fully saturated rings. The third-order valence-corrected chi connectivity index (χ3v) is 3.97. The zero-order chi connectivity index (χ0) is 14.3. The van der Waals surface area contributed by atoms with Gasteiger partial charge in [-0.1, -0.05) is 6.58 Å². The zero-order valence-corrected chi connectivity index (χ0v) is 12.3. The van der Waals surface area contributed by atoms with E-state index in [9.17, 15) is 0 Å². The Morgan fingerprint density at radius 3 is 2.75 bits per heavy atom. The van der Waals surface area contributed by atoms with Gasteiger partial charge in [-0.2, -0.15) is 0 Å². The van der Waals surface area contributed by atoms with Gasteiger partial charge in [0.1, 0.15) is 0 Å². The highest BCUT2D eigenvalue weighted by molar-refractivity contribution is 6.00. The average Bonchev–Trinajstić information content (AvgIpc) is 3.02. The molecule has 0 aliphatic carbocycles. The lowest BCUT2D eigenvalue weighted by Gasteiger charge is -2.15. The number of amidine groups is 1. The topological polar surface area (TPSA) is 33.4 Å². The molecular formula is C16H20N4. The van der Waals surface area contributed by atoms with Crippen molar-refractivity contribution < 1.29 is 0 Å². The number of aryl methyl sites for hydroxylation is 3. The van der Waals surface area contributed by atoms with Gasteiger partial charge in [0.25, 0.3) is 0 Å². The Kier molecular flexibility index (Phi) is 3.08. The quantitative estimate of drug-likeness (QED) is 0.857. The molecule has 0 amide bonds. The highest BCUT2D eigenvalue weighted by Crippen LogP contribution is 2.23. The molecule has 0 atom stereocenters. The molecule has 2 heterocycles. The van der Waals surface area contributed by atoms with Gasteiger partial charge in [0.15, 0.2) is 11.7 Å². The number of rotatable bonds is 3. The Morgan fingerprint density at radius 2 is 2.05 bits per heavy atom. The summed E-state index contributed by atoms with van der Waals surface area (Å²) in [5, 5.41) is 0. The standard InChI is InChI=1S/C16H20N4/c1-5-19-8-7-17-15(19)16-18-13-9-11(3)12(4)10-14(13)20(16)6-2/h5,9-10H,1,6-8H2,2-4H3. The van der Waals surface area contributed by atoms with Crippen LogP contribution in [0, 0.1) is 13.8 Å². The van der Waals surface area contributed by atoms with Crippen LogP contribution >= 0.6 is 0 Å². The second-order valence-corrected chi connectivity index (χ2v) is 5.19. The van der Waals surface area contributed by atoms with Crippen molar-refractivity contribution in [1.82, 2.24) is 14.5 Å². The van der Waals surface area contributed by atoms with Crippen LogP contribution in [0.5, 0.6) is 0 Å². The minimum atomic E-state index is 0.812. The molecule has 1 aliphatic rings. The minimum absolute atomic E-state index is 0.812. The molecule has 104 valence electrons. The molecule has 0 saturated heterocycles. The van der Waals surface area contributed by atoms with E-state index in [-0.39, 0.29) is 0 Å². The van der Waals surface area contributed by atoms with Crippen molar-refractivity contribution in [3.8, 4) is 0 Å². The smallest absolute Gasteiger partial charge is 0.177 e. The van der Waals surface area contributed by atoms with Gasteiger partial charge in [-0.3, -0.25) is 4.99 Å². The molecule has 4 nitrogen and oxygen atoms in total. The zero-order valence-electron chi connectivity index (χ0n) is 12.3. The van der Waals surface area contributed by atoms with Gasteiger partial charge in [-0.05, 0) is 50.2 Å². The van der Waals surface area contributed by atoms with Crippen LogP contribution in [0.15, 0.2) is 29.9 Å². The fraction of sp³-hybridized carbons (Fsp3) is 0.375. The summed E-state index contributed by atoms with van der Waals surface area (Å²) in [7, 11) is 0. The van der Waals surface area contributed by atoms with Crippen molar-refractivity contribution in [2.75, 3.05) is 13.1 Å². The molecular weight excluding hydrogens is 248 g/mol. The Labute approximate surface area is 119 Å². The van der Waals surface area contributed by atoms with E-state index in [4.69, 9.17) is 4.98 Å². The number of benzene rings is 1. The van der Waals surface area contributed by atoms with E-state index in [0.29, 0.717) is 0 Å². The van der Waals surface area contributed by atoms with Gasteiger partial charge >= 0.3 is 0 Å². The first-order valence-corrected chi connectivity index (χ1v) is 7.07. The predicted octanol–water partition coefficient (Wildman–Crippen LogP) is 2.88. The van der Waals surface area contributed by atoms with Crippen molar-refractivity contribution in [3.63, 3.8) is 0 Å². The van der Waals surface area contributed by atoms with Gasteiger partial charge < -0.3 is 9.47 Å². The van der Waals surface area contributed by atoms with Gasteiger partial charge in [0, 0.05) is 13.1 Å². The summed E-state index contributed by atoms with van der Waals surface area (Å²) in [6, 6.07) is 4.38. The molecule has 2 aromatic rings. The van der Waals surface area contributed by atoms with Crippen molar-refractivity contribution in [1.29, 1.82) is 0 Å². The van der Waals surface area contributed by atoms with E-state index in [1.807, 2.05) is 6.20 Å². The summed E-state index contributed by atoms with van der Waals surface area (Å²) < 4.78 is 2.24. The van der Waals surface area contributed by atoms with Crippen molar-refractivity contribution >= 4 is 16.9 Å². The highest BCUT2D eigenvalue weighted by Gasteiger charge is 2.22. The van der Waals surface area contributed by atoms with Crippen molar-refractivity contribution in [2.24, 2.45) is 4.99 Å². The third-order valence-electron chi connectivity index (χ3n) is 3.97. The van der Waals surface area contributed by atoms with Crippen molar-refractivity contribution in [3.05, 3.63) is 41.9 Å². The number of fused-ring (bicyclic) bond motifs is 1. The normalized spacial score (nSPS) is 14.9. The maximum Gasteiger partial charge on any atom is 0.177 e. The summed E-state index contributed by atoms with van der Waals surface area (Å²) >= 11 is 0. The fourth-order valence-electron chi connectivity index (χ4n) is 2.71. The third kappa shape index (κ3) is 1.83. The van der Waals surface area contributed by atoms with Crippen LogP contribution in [0.2, 0.25) is 0 Å². The van der Waals surface area contributed by atoms with E-state index in [1.165, 1.54) is 16.6 Å². The van der Waals surface area contributed by atoms with Crippen LogP contribution in [0.3, 0.4) is 0 Å². The second-order valence-electron chi connectivity index (χ2n) is 5.19. The second kappa shape index (κ2) is 4.78. The van der Waals surface area contributed by atoms with Crippen molar-refractivity contribution in [2.45, 2.75) is 27.3 Å². The van der Waals surface area contributed by atoms with E-state index in [0.717, 1.165) is 36.8 Å². The molecule has 4 heteroatoms. The molecule has 0 saturated carbocycles. The Hall–Kier alpha value is -2.10. The minimum Gasteiger partial charge on any atom is -0.329 e. The van der Waals surface area contributed by atoms with Crippen LogP contribution in [-0.4, -0.2) is 33.4 Å². The van der Waals surface area contributed by atoms with Crippen LogP contribution in [-0.2, 0) is 6.54 Å². The maximum atomic E-state index is 4.81. The number of aromatic nitrogens is 2. The summed E-state index contributed by atoms with van der Waals surface area (Å²) in [4.78, 5) is 11.5. The van der Waals surface area contributed by atoms with Crippen LogP contribution < -0.4 is 0 Å². The van der Waals surface area contributed by atoms with Gasteiger partial charge in [0.2, 0.25) is 0 Å². The largest absolute Gasteiger partial charge is 0.329 e. The summed E-state index contributed by atoms with van der Waals surface area (Å²) in [6.45, 7) is 12.9. The van der Waals surface area contributed by atoms with Gasteiger partial charge in [-0.25, -0.2) is 4.98 Å². The molecule has 0 bridgehead atoms. The molecule has 0 spiro atoms. The van der Waals surface area contributed by atoms with E-state index in [1.54, 1.807) is 0 Å². The molecule has 0 radical (unpaired) electrons. The molecule has 3 rings (SSSR count). The molecule has 0 unspecified atom stereocenters. The molecule has 1 aromatic carbocycles. The Bertz CT molecular complexity index is 709. The first-order valence-electron chi connectivity index (χ1n) is 7.07. The predicted molar refractivity (Wildman–Crippen MR) is 83.2 cm³/mol. The lowest BCUT2D eigenvalue weighted by atomic mass is 10.1. The number of imidazole rings is 1. The number of hydrogen-bond donors (Lipinski definition) is 0.